The van der Waals surface area contributed by atoms with Crippen LogP contribution in [0, 0.1) is 0 Å². The average Bonchev–Trinajstić information content (AvgIpc) is 2.38. The van der Waals surface area contributed by atoms with E-state index in [2.05, 4.69) is 20.9 Å². The molecule has 0 aliphatic rings. The summed E-state index contributed by atoms with van der Waals surface area (Å²) in [5.74, 6) is 0.737. The van der Waals surface area contributed by atoms with Crippen molar-refractivity contribution in [1.82, 2.24) is 4.98 Å². The van der Waals surface area contributed by atoms with Gasteiger partial charge in [-0.05, 0) is 45.8 Å². The van der Waals surface area contributed by atoms with Crippen molar-refractivity contribution in [2.45, 2.75) is 13.2 Å². The first-order valence-electron chi connectivity index (χ1n) is 5.21. The minimum Gasteiger partial charge on any atom is -0.487 e. The van der Waals surface area contributed by atoms with E-state index in [0.717, 1.165) is 21.5 Å². The van der Waals surface area contributed by atoms with Crippen LogP contribution >= 0.6 is 15.9 Å². The van der Waals surface area contributed by atoms with Gasteiger partial charge >= 0.3 is 0 Å². The molecule has 2 rings (SSSR count). The number of hydrogen-bond donors (Lipinski definition) is 1. The normalized spacial score (nSPS) is 10.2. The zero-order valence-corrected chi connectivity index (χ0v) is 10.7. The summed E-state index contributed by atoms with van der Waals surface area (Å²) in [6.07, 6.45) is 1.74. The van der Waals surface area contributed by atoms with E-state index in [4.69, 9.17) is 9.84 Å². The molecule has 2 aromatic rings. The lowest BCUT2D eigenvalue weighted by Crippen LogP contribution is -1.98. The van der Waals surface area contributed by atoms with E-state index in [1.165, 1.54) is 0 Å². The molecule has 1 aromatic heterocycles. The molecule has 0 saturated heterocycles. The Morgan fingerprint density at radius 2 is 2.12 bits per heavy atom. The van der Waals surface area contributed by atoms with Gasteiger partial charge < -0.3 is 9.84 Å². The summed E-state index contributed by atoms with van der Waals surface area (Å²) in [5, 5.41) is 9.00. The monoisotopic (exact) mass is 293 g/mol. The van der Waals surface area contributed by atoms with E-state index in [1.807, 2.05) is 36.4 Å². The molecule has 0 aliphatic heterocycles. The second-order valence-electron chi connectivity index (χ2n) is 3.56. The van der Waals surface area contributed by atoms with Crippen LogP contribution in [0.25, 0.3) is 0 Å². The van der Waals surface area contributed by atoms with Crippen molar-refractivity contribution >= 4 is 15.9 Å². The van der Waals surface area contributed by atoms with Gasteiger partial charge in [-0.1, -0.05) is 12.1 Å². The number of aromatic nitrogens is 1. The number of halogens is 1. The van der Waals surface area contributed by atoms with Gasteiger partial charge in [0.15, 0.2) is 0 Å². The van der Waals surface area contributed by atoms with E-state index in [9.17, 15) is 0 Å². The van der Waals surface area contributed by atoms with Crippen molar-refractivity contribution in [3.05, 3.63) is 58.3 Å². The van der Waals surface area contributed by atoms with Crippen LogP contribution in [-0.2, 0) is 13.2 Å². The summed E-state index contributed by atoms with van der Waals surface area (Å²) in [6, 6.07) is 11.2. The predicted molar refractivity (Wildman–Crippen MR) is 68.6 cm³/mol. The van der Waals surface area contributed by atoms with Crippen molar-refractivity contribution < 1.29 is 9.84 Å². The Balaban J connectivity index is 1.99. The molecule has 3 nitrogen and oxygen atoms in total. The third-order valence-corrected chi connectivity index (χ3v) is 2.73. The zero-order valence-electron chi connectivity index (χ0n) is 9.14. The highest BCUT2D eigenvalue weighted by atomic mass is 79.9. The Bertz CT molecular complexity index is 485. The van der Waals surface area contributed by atoms with E-state index < -0.39 is 0 Å². The molecule has 0 spiro atoms. The molecule has 0 bridgehead atoms. The van der Waals surface area contributed by atoms with Crippen LogP contribution in [0.1, 0.15) is 11.3 Å². The molecule has 1 aromatic carbocycles. The van der Waals surface area contributed by atoms with Crippen molar-refractivity contribution in [1.29, 1.82) is 0 Å². The topological polar surface area (TPSA) is 42.4 Å². The van der Waals surface area contributed by atoms with E-state index in [0.29, 0.717) is 6.61 Å². The van der Waals surface area contributed by atoms with Gasteiger partial charge in [-0.3, -0.25) is 4.98 Å². The summed E-state index contributed by atoms with van der Waals surface area (Å²) < 4.78 is 6.53. The van der Waals surface area contributed by atoms with Gasteiger partial charge in [0.05, 0.1) is 12.3 Å². The van der Waals surface area contributed by atoms with Crippen LogP contribution in [0.2, 0.25) is 0 Å². The SMILES string of the molecule is OCc1cccc(OCc2ccc(Br)cn2)c1. The van der Waals surface area contributed by atoms with Gasteiger partial charge in [-0.15, -0.1) is 0 Å². The highest BCUT2D eigenvalue weighted by Crippen LogP contribution is 2.15. The van der Waals surface area contributed by atoms with Gasteiger partial charge in [-0.2, -0.15) is 0 Å². The Morgan fingerprint density at radius 3 is 2.82 bits per heavy atom. The molecule has 17 heavy (non-hydrogen) atoms. The number of hydrogen-bond acceptors (Lipinski definition) is 3. The lowest BCUT2D eigenvalue weighted by molar-refractivity contribution is 0.277. The van der Waals surface area contributed by atoms with Crippen LogP contribution in [0.15, 0.2) is 47.1 Å². The molecule has 0 saturated carbocycles. The van der Waals surface area contributed by atoms with Crippen molar-refractivity contribution in [2.24, 2.45) is 0 Å². The number of ether oxygens (including phenoxy) is 1. The lowest BCUT2D eigenvalue weighted by Gasteiger charge is -2.06. The second kappa shape index (κ2) is 5.80. The zero-order chi connectivity index (χ0) is 12.1. The molecule has 1 heterocycles. The summed E-state index contributed by atoms with van der Waals surface area (Å²) in [7, 11) is 0. The average molecular weight is 294 g/mol. The number of benzene rings is 1. The quantitative estimate of drug-likeness (QED) is 0.942. The molecule has 1 N–H and O–H groups in total. The van der Waals surface area contributed by atoms with Crippen molar-refractivity contribution in [3.8, 4) is 5.75 Å². The van der Waals surface area contributed by atoms with Crippen LogP contribution in [0.5, 0.6) is 5.75 Å². The van der Waals surface area contributed by atoms with Crippen LogP contribution in [0.4, 0.5) is 0 Å². The first kappa shape index (κ1) is 12.1. The Morgan fingerprint density at radius 1 is 1.24 bits per heavy atom. The standard InChI is InChI=1S/C13H12BrNO2/c14-11-4-5-12(15-7-11)9-17-13-3-1-2-10(6-13)8-16/h1-7,16H,8-9H2. The maximum absolute atomic E-state index is 9.00. The maximum Gasteiger partial charge on any atom is 0.130 e. The molecular weight excluding hydrogens is 282 g/mol. The Kier molecular flexibility index (Phi) is 4.12. The van der Waals surface area contributed by atoms with Crippen molar-refractivity contribution in [3.63, 3.8) is 0 Å². The largest absolute Gasteiger partial charge is 0.487 e. The van der Waals surface area contributed by atoms with E-state index >= 15 is 0 Å². The van der Waals surface area contributed by atoms with Crippen LogP contribution in [-0.4, -0.2) is 10.1 Å². The molecule has 0 radical (unpaired) electrons. The summed E-state index contributed by atoms with van der Waals surface area (Å²) >= 11 is 3.33. The first-order valence-corrected chi connectivity index (χ1v) is 6.00. The Hall–Kier alpha value is -1.39. The molecule has 0 amide bonds. The maximum atomic E-state index is 9.00. The molecule has 0 aliphatic carbocycles. The minimum absolute atomic E-state index is 0.0216. The molecule has 88 valence electrons. The molecule has 0 atom stereocenters. The van der Waals surface area contributed by atoms with Gasteiger partial charge in [0.2, 0.25) is 0 Å². The third-order valence-electron chi connectivity index (χ3n) is 2.26. The minimum atomic E-state index is 0.0216. The highest BCUT2D eigenvalue weighted by molar-refractivity contribution is 9.10. The number of rotatable bonds is 4. The lowest BCUT2D eigenvalue weighted by atomic mass is 10.2. The van der Waals surface area contributed by atoms with Gasteiger partial charge in [-0.25, -0.2) is 0 Å². The first-order chi connectivity index (χ1) is 8.28. The van der Waals surface area contributed by atoms with E-state index in [1.54, 1.807) is 6.20 Å². The summed E-state index contributed by atoms with van der Waals surface area (Å²) in [5.41, 5.74) is 1.70. The number of aliphatic hydroxyl groups excluding tert-OH is 1. The number of nitrogens with zero attached hydrogens (tertiary/aromatic N) is 1. The molecule has 0 fully saturated rings. The van der Waals surface area contributed by atoms with Gasteiger partial charge in [0.25, 0.3) is 0 Å². The fraction of sp³-hybridized carbons (Fsp3) is 0.154. The summed E-state index contributed by atoms with van der Waals surface area (Å²) in [4.78, 5) is 4.21. The second-order valence-corrected chi connectivity index (χ2v) is 4.48. The summed E-state index contributed by atoms with van der Waals surface area (Å²) in [6.45, 7) is 0.440. The van der Waals surface area contributed by atoms with E-state index in [-0.39, 0.29) is 6.61 Å². The van der Waals surface area contributed by atoms with Gasteiger partial charge in [0.1, 0.15) is 12.4 Å². The number of pyridine rings is 1. The smallest absolute Gasteiger partial charge is 0.130 e. The Labute approximate surface area is 108 Å². The fourth-order valence-corrected chi connectivity index (χ4v) is 1.62. The molecule has 4 heteroatoms. The predicted octanol–water partition coefficient (Wildman–Crippen LogP) is 2.92. The number of aliphatic hydroxyl groups is 1. The highest BCUT2D eigenvalue weighted by Gasteiger charge is 1.98. The molecule has 0 unspecified atom stereocenters. The van der Waals surface area contributed by atoms with Crippen LogP contribution in [0.3, 0.4) is 0 Å². The fourth-order valence-electron chi connectivity index (χ4n) is 1.38. The van der Waals surface area contributed by atoms with Crippen LogP contribution < -0.4 is 4.74 Å². The third kappa shape index (κ3) is 3.54. The molecular formula is C13H12BrNO2. The van der Waals surface area contributed by atoms with Crippen molar-refractivity contribution in [2.75, 3.05) is 0 Å². The van der Waals surface area contributed by atoms with Gasteiger partial charge in [0, 0.05) is 10.7 Å².